The summed E-state index contributed by atoms with van der Waals surface area (Å²) in [6.45, 7) is 16.5. The molecule has 1 saturated heterocycles. The molecule has 3 heterocycles. The predicted molar refractivity (Wildman–Crippen MR) is 184 cm³/mol. The highest BCUT2D eigenvalue weighted by Crippen LogP contribution is 2.49. The number of carbonyl (C=O) groups is 1. The number of benzene rings is 1. The number of fused-ring (bicyclic) bond motifs is 2. The maximum atomic E-state index is 13.5. The van der Waals surface area contributed by atoms with Gasteiger partial charge in [0.25, 0.3) is 0 Å². The molecule has 3 aliphatic rings. The van der Waals surface area contributed by atoms with E-state index in [2.05, 4.69) is 55.5 Å². The first-order valence-electron chi connectivity index (χ1n) is 16.4. The van der Waals surface area contributed by atoms with E-state index in [-0.39, 0.29) is 36.7 Å². The van der Waals surface area contributed by atoms with E-state index in [1.807, 2.05) is 6.92 Å². The first kappa shape index (κ1) is 37.5. The van der Waals surface area contributed by atoms with Crippen LogP contribution in [-0.2, 0) is 11.2 Å². The van der Waals surface area contributed by atoms with E-state index < -0.39 is 5.60 Å². The van der Waals surface area contributed by atoms with E-state index in [1.54, 1.807) is 0 Å². The van der Waals surface area contributed by atoms with E-state index in [4.69, 9.17) is 15.9 Å². The molecule has 0 bridgehead atoms. The van der Waals surface area contributed by atoms with Crippen molar-refractivity contribution < 1.29 is 14.3 Å². The molecule has 0 spiro atoms. The van der Waals surface area contributed by atoms with Crippen molar-refractivity contribution in [1.82, 2.24) is 9.80 Å². The lowest BCUT2D eigenvalue weighted by atomic mass is 9.81. The van der Waals surface area contributed by atoms with E-state index in [0.717, 1.165) is 69.7 Å². The Morgan fingerprint density at radius 3 is 2.49 bits per heavy atom. The summed E-state index contributed by atoms with van der Waals surface area (Å²) in [4.78, 5) is 18.3. The van der Waals surface area contributed by atoms with Crippen LogP contribution in [0.25, 0.3) is 5.57 Å². The smallest absolute Gasteiger partial charge is 0.314 e. The van der Waals surface area contributed by atoms with Crippen LogP contribution in [-0.4, -0.2) is 60.6 Å². The van der Waals surface area contributed by atoms with Gasteiger partial charge in [-0.15, -0.1) is 31.2 Å². The third-order valence-electron chi connectivity index (χ3n) is 9.42. The number of likely N-dealkylation sites (tertiary alicyclic amines) is 1. The summed E-state index contributed by atoms with van der Waals surface area (Å²) < 4.78 is 13.0. The molecule has 1 aromatic rings. The fourth-order valence-electron chi connectivity index (χ4n) is 6.75. The van der Waals surface area contributed by atoms with E-state index in [9.17, 15) is 4.79 Å². The van der Waals surface area contributed by atoms with Crippen molar-refractivity contribution in [2.45, 2.75) is 111 Å². The molecule has 3 aliphatic heterocycles. The Hall–Kier alpha value is -1.71. The maximum absolute atomic E-state index is 13.5. The van der Waals surface area contributed by atoms with Crippen LogP contribution in [0.2, 0.25) is 0 Å². The minimum Gasteiger partial charge on any atom is -0.483 e. The second kappa shape index (κ2) is 17.7. The lowest BCUT2D eigenvalue weighted by Crippen LogP contribution is -2.42. The monoisotopic (exact) mass is 634 g/mol. The molecular formula is C36H56Cl2N2O3. The minimum absolute atomic E-state index is 0. The van der Waals surface area contributed by atoms with Gasteiger partial charge in [0.2, 0.25) is 0 Å². The summed E-state index contributed by atoms with van der Waals surface area (Å²) in [5.41, 5.74) is 4.26. The molecule has 0 radical (unpaired) electrons. The molecule has 0 amide bonds. The van der Waals surface area contributed by atoms with Gasteiger partial charge in [0.1, 0.15) is 17.1 Å². The standard InChI is InChI=1S/C36H54N2O3.2ClH/c1-7-9-11-14-27(3)15-16-29-24-32(40-35(39)28(4)17-22-37-20-12-10-13-21-37)34-30-26-38(19-8-2)23-18-31(30)36(5,6)41-33(34)25-29;;/h2,24-25,27-28H,7,9-23,26H2,1,3-6H3;2*1H. The predicted octanol–water partition coefficient (Wildman–Crippen LogP) is 8.36. The van der Waals surface area contributed by atoms with Crippen LogP contribution in [0.5, 0.6) is 11.5 Å². The van der Waals surface area contributed by atoms with Crippen LogP contribution >= 0.6 is 24.8 Å². The lowest BCUT2D eigenvalue weighted by Gasteiger charge is -2.42. The average Bonchev–Trinajstić information content (AvgIpc) is 2.95. The molecule has 2 unspecified atom stereocenters. The van der Waals surface area contributed by atoms with Gasteiger partial charge in [0.15, 0.2) is 0 Å². The molecule has 0 aromatic heterocycles. The first-order chi connectivity index (χ1) is 19.7. The molecule has 0 aliphatic carbocycles. The number of aryl methyl sites for hydroxylation is 1. The van der Waals surface area contributed by atoms with Crippen molar-refractivity contribution in [3.63, 3.8) is 0 Å². The van der Waals surface area contributed by atoms with Crippen LogP contribution in [0.4, 0.5) is 0 Å². The molecule has 1 fully saturated rings. The van der Waals surface area contributed by atoms with Gasteiger partial charge in [-0.1, -0.05) is 58.8 Å². The lowest BCUT2D eigenvalue weighted by molar-refractivity contribution is -0.138. The highest BCUT2D eigenvalue weighted by molar-refractivity contribution is 5.86. The molecule has 242 valence electrons. The Labute approximate surface area is 274 Å². The molecule has 0 N–H and O–H groups in total. The van der Waals surface area contributed by atoms with Gasteiger partial charge in [0, 0.05) is 13.1 Å². The molecular weight excluding hydrogens is 579 g/mol. The number of esters is 1. The Kier molecular flexibility index (Phi) is 15.4. The van der Waals surface area contributed by atoms with Crippen molar-refractivity contribution >= 4 is 36.4 Å². The summed E-state index contributed by atoms with van der Waals surface area (Å²) in [5.74, 6) is 4.69. The number of carbonyl (C=O) groups excluding carboxylic acids is 1. The van der Waals surface area contributed by atoms with Crippen molar-refractivity contribution in [2.24, 2.45) is 11.8 Å². The molecule has 7 heteroatoms. The summed E-state index contributed by atoms with van der Waals surface area (Å²) in [6, 6.07) is 4.33. The van der Waals surface area contributed by atoms with Crippen LogP contribution in [0.1, 0.15) is 110 Å². The van der Waals surface area contributed by atoms with Gasteiger partial charge in [-0.2, -0.15) is 0 Å². The van der Waals surface area contributed by atoms with Crippen molar-refractivity contribution in [3.8, 4) is 23.8 Å². The number of rotatable bonds is 13. The molecule has 5 nitrogen and oxygen atoms in total. The Morgan fingerprint density at radius 1 is 1.05 bits per heavy atom. The number of hydrogen-bond donors (Lipinski definition) is 0. The summed E-state index contributed by atoms with van der Waals surface area (Å²) in [5, 5.41) is 0. The van der Waals surface area contributed by atoms with Crippen LogP contribution in [0.3, 0.4) is 0 Å². The highest BCUT2D eigenvalue weighted by Gasteiger charge is 2.39. The maximum Gasteiger partial charge on any atom is 0.314 e. The Morgan fingerprint density at radius 2 is 1.79 bits per heavy atom. The van der Waals surface area contributed by atoms with Gasteiger partial charge in [-0.3, -0.25) is 9.69 Å². The normalized spacial score (nSPS) is 19.4. The zero-order valence-electron chi connectivity index (χ0n) is 27.3. The number of ether oxygens (including phenoxy) is 2. The fraction of sp³-hybridized carbons (Fsp3) is 0.694. The molecule has 4 rings (SSSR count). The number of piperidine rings is 1. The molecule has 0 saturated carbocycles. The molecule has 2 atom stereocenters. The van der Waals surface area contributed by atoms with Gasteiger partial charge in [0.05, 0.1) is 18.0 Å². The van der Waals surface area contributed by atoms with Crippen molar-refractivity contribution in [2.75, 3.05) is 39.3 Å². The number of terminal acetylenes is 1. The van der Waals surface area contributed by atoms with Gasteiger partial charge in [-0.05, 0) is 107 Å². The topological polar surface area (TPSA) is 42.0 Å². The average molecular weight is 636 g/mol. The van der Waals surface area contributed by atoms with Gasteiger partial charge in [-0.25, -0.2) is 0 Å². The summed E-state index contributed by atoms with van der Waals surface area (Å²) >= 11 is 0. The highest BCUT2D eigenvalue weighted by atomic mass is 35.5. The van der Waals surface area contributed by atoms with E-state index in [1.165, 1.54) is 61.7 Å². The van der Waals surface area contributed by atoms with Crippen LogP contribution in [0.15, 0.2) is 17.7 Å². The first-order valence-corrected chi connectivity index (χ1v) is 16.4. The fourth-order valence-corrected chi connectivity index (χ4v) is 6.75. The minimum atomic E-state index is -0.403. The summed E-state index contributed by atoms with van der Waals surface area (Å²) in [7, 11) is 0. The second-order valence-electron chi connectivity index (χ2n) is 13.4. The number of halogens is 2. The van der Waals surface area contributed by atoms with Gasteiger partial charge >= 0.3 is 5.97 Å². The van der Waals surface area contributed by atoms with Crippen LogP contribution in [0, 0.1) is 24.2 Å². The third kappa shape index (κ3) is 10.1. The summed E-state index contributed by atoms with van der Waals surface area (Å²) in [6.07, 6.45) is 18.5. The quantitative estimate of drug-likeness (QED) is 0.0943. The van der Waals surface area contributed by atoms with Gasteiger partial charge < -0.3 is 14.4 Å². The largest absolute Gasteiger partial charge is 0.483 e. The zero-order valence-corrected chi connectivity index (χ0v) is 29.0. The second-order valence-corrected chi connectivity index (χ2v) is 13.4. The Bertz CT molecular complexity index is 1120. The van der Waals surface area contributed by atoms with Crippen molar-refractivity contribution in [3.05, 3.63) is 28.8 Å². The van der Waals surface area contributed by atoms with E-state index >= 15 is 0 Å². The SMILES string of the molecule is C#CCN1CCC2=C(C1)c1c(OC(=O)C(C)CCN3CCCCC3)cc(CCC(C)CCCCC)cc1OC2(C)C.Cl.Cl. The van der Waals surface area contributed by atoms with E-state index in [0.29, 0.717) is 18.2 Å². The van der Waals surface area contributed by atoms with Crippen LogP contribution < -0.4 is 9.47 Å². The number of unbranched alkanes of at least 4 members (excludes halogenated alkanes) is 2. The Balaban J connectivity index is 0.00000323. The zero-order chi connectivity index (χ0) is 29.4. The molecule has 1 aromatic carbocycles. The molecule has 43 heavy (non-hydrogen) atoms. The van der Waals surface area contributed by atoms with Crippen molar-refractivity contribution in [1.29, 1.82) is 0 Å². The third-order valence-corrected chi connectivity index (χ3v) is 9.42. The number of hydrogen-bond acceptors (Lipinski definition) is 5. The number of nitrogens with zero attached hydrogens (tertiary/aromatic N) is 2.